The molecular formula is C15H20N2O2S. The Hall–Kier alpha value is -1.36. The second-order valence-corrected chi connectivity index (χ2v) is 6.79. The number of fused-ring (bicyclic) bond motifs is 1. The molecule has 0 spiro atoms. The maximum absolute atomic E-state index is 11.9. The highest BCUT2D eigenvalue weighted by Gasteiger charge is 2.31. The fourth-order valence-electron chi connectivity index (χ4n) is 2.70. The highest BCUT2D eigenvalue weighted by Crippen LogP contribution is 2.37. The Morgan fingerprint density at radius 1 is 1.25 bits per heavy atom. The molecule has 1 aromatic rings. The van der Waals surface area contributed by atoms with Gasteiger partial charge in [0.15, 0.2) is 0 Å². The lowest BCUT2D eigenvalue weighted by Gasteiger charge is -2.20. The smallest absolute Gasteiger partial charge is 0.228 e. The largest absolute Gasteiger partial charge is 0.356 e. The maximum atomic E-state index is 11.9. The van der Waals surface area contributed by atoms with Crippen LogP contribution in [0.1, 0.15) is 36.6 Å². The Labute approximate surface area is 122 Å². The Morgan fingerprint density at radius 3 is 2.75 bits per heavy atom. The van der Waals surface area contributed by atoms with E-state index in [0.717, 1.165) is 37.1 Å². The summed E-state index contributed by atoms with van der Waals surface area (Å²) in [6, 6.07) is 2.06. The van der Waals surface area contributed by atoms with Crippen molar-refractivity contribution in [1.82, 2.24) is 5.32 Å². The number of aryl methyl sites for hydroxylation is 1. The van der Waals surface area contributed by atoms with E-state index in [2.05, 4.69) is 16.7 Å². The van der Waals surface area contributed by atoms with Crippen molar-refractivity contribution in [2.24, 2.45) is 11.8 Å². The number of amides is 2. The summed E-state index contributed by atoms with van der Waals surface area (Å²) in [5.74, 6) is 0.637. The number of carbonyl (C=O) groups is 2. The number of anilines is 1. The van der Waals surface area contributed by atoms with Gasteiger partial charge in [0.05, 0.1) is 5.00 Å². The van der Waals surface area contributed by atoms with E-state index in [0.29, 0.717) is 6.54 Å². The summed E-state index contributed by atoms with van der Waals surface area (Å²) in [4.78, 5) is 25.0. The van der Waals surface area contributed by atoms with Crippen molar-refractivity contribution in [3.05, 3.63) is 16.5 Å². The summed E-state index contributed by atoms with van der Waals surface area (Å²) in [7, 11) is 0. The predicted molar refractivity (Wildman–Crippen MR) is 79.9 cm³/mol. The van der Waals surface area contributed by atoms with E-state index in [-0.39, 0.29) is 23.7 Å². The molecule has 5 heteroatoms. The Kier molecular flexibility index (Phi) is 3.78. The second kappa shape index (κ2) is 5.56. The first kappa shape index (κ1) is 13.6. The molecule has 1 unspecified atom stereocenters. The van der Waals surface area contributed by atoms with Crippen molar-refractivity contribution < 1.29 is 9.59 Å². The van der Waals surface area contributed by atoms with E-state index >= 15 is 0 Å². The fourth-order valence-corrected chi connectivity index (χ4v) is 3.81. The van der Waals surface area contributed by atoms with Crippen LogP contribution < -0.4 is 10.6 Å². The van der Waals surface area contributed by atoms with Crippen molar-refractivity contribution in [1.29, 1.82) is 0 Å². The molecule has 1 atom stereocenters. The molecule has 3 rings (SSSR count). The lowest BCUT2D eigenvalue weighted by Crippen LogP contribution is -2.33. The monoisotopic (exact) mass is 292 g/mol. The normalized spacial score (nSPS) is 21.1. The SMILES string of the molecule is CCNC(=O)C1CCc2sc(NC(=O)C3CC3)cc2C1. The van der Waals surface area contributed by atoms with E-state index in [4.69, 9.17) is 0 Å². The van der Waals surface area contributed by atoms with Gasteiger partial charge in [0.25, 0.3) is 0 Å². The minimum Gasteiger partial charge on any atom is -0.356 e. The first-order valence-electron chi connectivity index (χ1n) is 7.37. The van der Waals surface area contributed by atoms with Crippen LogP contribution in [-0.2, 0) is 22.4 Å². The zero-order valence-electron chi connectivity index (χ0n) is 11.7. The first-order valence-corrected chi connectivity index (χ1v) is 8.19. The third-order valence-electron chi connectivity index (χ3n) is 4.00. The number of nitrogens with one attached hydrogen (secondary N) is 2. The van der Waals surface area contributed by atoms with Crippen LogP contribution in [0.15, 0.2) is 6.07 Å². The Morgan fingerprint density at radius 2 is 2.05 bits per heavy atom. The average molecular weight is 292 g/mol. The molecule has 2 aliphatic rings. The highest BCUT2D eigenvalue weighted by atomic mass is 32.1. The Balaban J connectivity index is 1.65. The molecular weight excluding hydrogens is 272 g/mol. The van der Waals surface area contributed by atoms with E-state index < -0.39 is 0 Å². The van der Waals surface area contributed by atoms with Gasteiger partial charge in [0.2, 0.25) is 11.8 Å². The number of thiophene rings is 1. The van der Waals surface area contributed by atoms with Gasteiger partial charge in [-0.25, -0.2) is 0 Å². The molecule has 1 aromatic heterocycles. The summed E-state index contributed by atoms with van der Waals surface area (Å²) >= 11 is 1.67. The Bertz CT molecular complexity index is 534. The number of hydrogen-bond acceptors (Lipinski definition) is 3. The van der Waals surface area contributed by atoms with Gasteiger partial charge < -0.3 is 10.6 Å². The van der Waals surface area contributed by atoms with Gasteiger partial charge in [-0.1, -0.05) is 0 Å². The molecule has 2 amide bonds. The van der Waals surface area contributed by atoms with E-state index in [1.807, 2.05) is 6.92 Å². The molecule has 1 saturated carbocycles. The lowest BCUT2D eigenvalue weighted by molar-refractivity contribution is -0.125. The molecule has 1 heterocycles. The van der Waals surface area contributed by atoms with Crippen LogP contribution in [0.5, 0.6) is 0 Å². The van der Waals surface area contributed by atoms with E-state index in [1.165, 1.54) is 10.4 Å². The molecule has 20 heavy (non-hydrogen) atoms. The molecule has 0 bridgehead atoms. The van der Waals surface area contributed by atoms with E-state index in [1.54, 1.807) is 11.3 Å². The molecule has 2 aliphatic carbocycles. The van der Waals surface area contributed by atoms with Gasteiger partial charge >= 0.3 is 0 Å². The summed E-state index contributed by atoms with van der Waals surface area (Å²) in [6.07, 6.45) is 4.71. The minimum atomic E-state index is 0.0871. The molecule has 0 radical (unpaired) electrons. The van der Waals surface area contributed by atoms with Gasteiger partial charge in [-0.05, 0) is 50.7 Å². The summed E-state index contributed by atoms with van der Waals surface area (Å²) in [6.45, 7) is 2.64. The lowest BCUT2D eigenvalue weighted by atomic mass is 9.88. The minimum absolute atomic E-state index is 0.0871. The summed E-state index contributed by atoms with van der Waals surface area (Å²) < 4.78 is 0. The molecule has 0 saturated heterocycles. The second-order valence-electron chi connectivity index (χ2n) is 5.66. The van der Waals surface area contributed by atoms with Crippen LogP contribution in [0.25, 0.3) is 0 Å². The highest BCUT2D eigenvalue weighted by molar-refractivity contribution is 7.16. The van der Waals surface area contributed by atoms with Gasteiger partial charge in [-0.3, -0.25) is 9.59 Å². The number of rotatable bonds is 4. The molecule has 0 aromatic carbocycles. The summed E-state index contributed by atoms with van der Waals surface area (Å²) in [5, 5.41) is 6.86. The molecule has 2 N–H and O–H groups in total. The van der Waals surface area contributed by atoms with Crippen molar-refractivity contribution in [2.45, 2.75) is 39.0 Å². The van der Waals surface area contributed by atoms with Crippen LogP contribution in [0.3, 0.4) is 0 Å². The number of carbonyl (C=O) groups excluding carboxylic acids is 2. The first-order chi connectivity index (χ1) is 9.67. The van der Waals surface area contributed by atoms with Gasteiger partial charge in [-0.2, -0.15) is 0 Å². The van der Waals surface area contributed by atoms with Gasteiger partial charge in [-0.15, -0.1) is 11.3 Å². The molecule has 108 valence electrons. The molecule has 1 fully saturated rings. The topological polar surface area (TPSA) is 58.2 Å². The summed E-state index contributed by atoms with van der Waals surface area (Å²) in [5.41, 5.74) is 1.24. The van der Waals surface area contributed by atoms with Crippen LogP contribution >= 0.6 is 11.3 Å². The van der Waals surface area contributed by atoms with Crippen LogP contribution in [0.4, 0.5) is 5.00 Å². The van der Waals surface area contributed by atoms with Crippen molar-refractivity contribution in [3.8, 4) is 0 Å². The van der Waals surface area contributed by atoms with Crippen LogP contribution in [0.2, 0.25) is 0 Å². The average Bonchev–Trinajstić information content (AvgIpc) is 3.19. The van der Waals surface area contributed by atoms with Gasteiger partial charge in [0.1, 0.15) is 0 Å². The van der Waals surface area contributed by atoms with Crippen LogP contribution in [-0.4, -0.2) is 18.4 Å². The quantitative estimate of drug-likeness (QED) is 0.895. The van der Waals surface area contributed by atoms with Crippen molar-refractivity contribution >= 4 is 28.2 Å². The number of hydrogen-bond donors (Lipinski definition) is 2. The zero-order chi connectivity index (χ0) is 14.1. The predicted octanol–water partition coefficient (Wildman–Crippen LogP) is 2.34. The van der Waals surface area contributed by atoms with Crippen molar-refractivity contribution in [2.75, 3.05) is 11.9 Å². The van der Waals surface area contributed by atoms with Gasteiger partial charge in [0, 0.05) is 23.3 Å². The zero-order valence-corrected chi connectivity index (χ0v) is 12.5. The molecule has 0 aliphatic heterocycles. The van der Waals surface area contributed by atoms with Crippen LogP contribution in [0, 0.1) is 11.8 Å². The fraction of sp³-hybridized carbons (Fsp3) is 0.600. The van der Waals surface area contributed by atoms with E-state index in [9.17, 15) is 9.59 Å². The maximum Gasteiger partial charge on any atom is 0.228 e. The third kappa shape index (κ3) is 2.87. The molecule has 4 nitrogen and oxygen atoms in total. The third-order valence-corrected chi connectivity index (χ3v) is 5.15. The van der Waals surface area contributed by atoms with Crippen molar-refractivity contribution in [3.63, 3.8) is 0 Å². The standard InChI is InChI=1S/C15H20N2O2S/c1-2-16-14(18)10-5-6-12-11(7-10)8-13(20-12)17-15(19)9-3-4-9/h8-10H,2-7H2,1H3,(H,16,18)(H,17,19).